The molecule has 0 heterocycles. The summed E-state index contributed by atoms with van der Waals surface area (Å²) in [4.78, 5) is 11.0. The Kier molecular flexibility index (Phi) is 5.15. The van der Waals surface area contributed by atoms with E-state index in [2.05, 4.69) is 29.6 Å². The molecular weight excluding hydrogens is 252 g/mol. The highest BCUT2D eigenvalue weighted by Crippen LogP contribution is 2.27. The molecule has 0 saturated heterocycles. The number of benzene rings is 2. The lowest BCUT2D eigenvalue weighted by Crippen LogP contribution is -2.34. The monoisotopic (exact) mass is 270 g/mol. The fourth-order valence-corrected chi connectivity index (χ4v) is 2.27. The molecule has 0 aromatic heterocycles. The van der Waals surface area contributed by atoms with Crippen molar-refractivity contribution in [3.63, 3.8) is 0 Å². The number of hydrogen-bond acceptors (Lipinski definition) is 2. The number of carbonyl (C=O) groups excluding carboxylic acids is 1. The van der Waals surface area contributed by atoms with Crippen molar-refractivity contribution in [3.05, 3.63) is 71.8 Å². The summed E-state index contributed by atoms with van der Waals surface area (Å²) in [5, 5.41) is 11.1. The molecule has 0 atom stereocenters. The van der Waals surface area contributed by atoms with E-state index in [1.165, 1.54) is 11.1 Å². The minimum Gasteiger partial charge on any atom is -0.336 e. The van der Waals surface area contributed by atoms with E-state index >= 15 is 0 Å². The number of rotatable bonds is 5. The van der Waals surface area contributed by atoms with Crippen LogP contribution in [-0.4, -0.2) is 17.8 Å². The molecular formula is C16H18N2O2. The van der Waals surface area contributed by atoms with E-state index in [9.17, 15) is 4.79 Å². The van der Waals surface area contributed by atoms with Gasteiger partial charge in [0.25, 0.3) is 0 Å². The van der Waals surface area contributed by atoms with Crippen LogP contribution in [0, 0.1) is 0 Å². The van der Waals surface area contributed by atoms with Gasteiger partial charge in [-0.3, -0.25) is 5.21 Å². The Morgan fingerprint density at radius 3 is 1.90 bits per heavy atom. The second kappa shape index (κ2) is 7.31. The Bertz CT molecular complexity index is 489. The van der Waals surface area contributed by atoms with Crippen LogP contribution in [0.4, 0.5) is 4.79 Å². The first kappa shape index (κ1) is 14.1. The molecule has 0 radical (unpaired) electrons. The SMILES string of the molecule is O=C(NO)NCCC(c1ccccc1)c1ccccc1. The minimum atomic E-state index is -0.579. The number of hydroxylamine groups is 1. The zero-order chi connectivity index (χ0) is 14.2. The molecule has 2 rings (SSSR count). The van der Waals surface area contributed by atoms with Crippen molar-refractivity contribution in [1.29, 1.82) is 0 Å². The summed E-state index contributed by atoms with van der Waals surface area (Å²) in [6.45, 7) is 0.487. The van der Waals surface area contributed by atoms with Gasteiger partial charge in [0.2, 0.25) is 0 Å². The summed E-state index contributed by atoms with van der Waals surface area (Å²) in [6.07, 6.45) is 0.765. The van der Waals surface area contributed by atoms with Crippen molar-refractivity contribution in [2.24, 2.45) is 0 Å². The quantitative estimate of drug-likeness (QED) is 0.578. The van der Waals surface area contributed by atoms with E-state index in [0.29, 0.717) is 6.54 Å². The molecule has 0 aliphatic carbocycles. The molecule has 4 heteroatoms. The highest BCUT2D eigenvalue weighted by molar-refractivity contribution is 5.72. The van der Waals surface area contributed by atoms with Gasteiger partial charge in [0.15, 0.2) is 0 Å². The van der Waals surface area contributed by atoms with Gasteiger partial charge >= 0.3 is 6.03 Å². The molecule has 2 aromatic rings. The van der Waals surface area contributed by atoms with E-state index in [4.69, 9.17) is 5.21 Å². The topological polar surface area (TPSA) is 61.4 Å². The van der Waals surface area contributed by atoms with Gasteiger partial charge in [-0.25, -0.2) is 10.3 Å². The van der Waals surface area contributed by atoms with Gasteiger partial charge < -0.3 is 5.32 Å². The van der Waals surface area contributed by atoms with Crippen LogP contribution in [0.5, 0.6) is 0 Å². The number of carbonyl (C=O) groups is 1. The van der Waals surface area contributed by atoms with Crippen molar-refractivity contribution in [2.75, 3.05) is 6.54 Å². The summed E-state index contributed by atoms with van der Waals surface area (Å²) in [7, 11) is 0. The predicted molar refractivity (Wildman–Crippen MR) is 77.7 cm³/mol. The summed E-state index contributed by atoms with van der Waals surface area (Å²) < 4.78 is 0. The van der Waals surface area contributed by atoms with E-state index in [1.807, 2.05) is 36.4 Å². The predicted octanol–water partition coefficient (Wildman–Crippen LogP) is 2.90. The van der Waals surface area contributed by atoms with Crippen LogP contribution in [-0.2, 0) is 0 Å². The van der Waals surface area contributed by atoms with Gasteiger partial charge in [-0.1, -0.05) is 60.7 Å². The molecule has 2 aromatic carbocycles. The van der Waals surface area contributed by atoms with E-state index < -0.39 is 6.03 Å². The molecule has 2 amide bonds. The van der Waals surface area contributed by atoms with Crippen molar-refractivity contribution in [1.82, 2.24) is 10.8 Å². The molecule has 0 saturated carbocycles. The fraction of sp³-hybridized carbons (Fsp3) is 0.188. The Morgan fingerprint density at radius 2 is 1.45 bits per heavy atom. The third-order valence-corrected chi connectivity index (χ3v) is 3.22. The Labute approximate surface area is 118 Å². The summed E-state index contributed by atoms with van der Waals surface area (Å²) >= 11 is 0. The summed E-state index contributed by atoms with van der Waals surface area (Å²) in [5.74, 6) is 0.219. The number of hydrogen-bond donors (Lipinski definition) is 3. The maximum absolute atomic E-state index is 11.0. The standard InChI is InChI=1S/C16H18N2O2/c19-16(18-20)17-12-11-15(13-7-3-1-4-8-13)14-9-5-2-6-10-14/h1-10,15,20H,11-12H2,(H2,17,18,19). The average molecular weight is 270 g/mol. The number of nitrogens with one attached hydrogen (secondary N) is 2. The average Bonchev–Trinajstić information content (AvgIpc) is 2.53. The van der Waals surface area contributed by atoms with Crippen molar-refractivity contribution in [2.45, 2.75) is 12.3 Å². The van der Waals surface area contributed by atoms with Crippen LogP contribution in [0.1, 0.15) is 23.5 Å². The molecule has 0 fully saturated rings. The zero-order valence-electron chi connectivity index (χ0n) is 11.1. The van der Waals surface area contributed by atoms with Crippen LogP contribution >= 0.6 is 0 Å². The molecule has 0 unspecified atom stereocenters. The molecule has 3 N–H and O–H groups in total. The molecule has 4 nitrogen and oxygen atoms in total. The summed E-state index contributed by atoms with van der Waals surface area (Å²) in [6, 6.07) is 19.8. The largest absolute Gasteiger partial charge is 0.338 e. The second-order valence-electron chi connectivity index (χ2n) is 4.53. The first-order valence-corrected chi connectivity index (χ1v) is 6.59. The van der Waals surface area contributed by atoms with Gasteiger partial charge in [-0.05, 0) is 17.5 Å². The van der Waals surface area contributed by atoms with Crippen molar-refractivity contribution in [3.8, 4) is 0 Å². The third kappa shape index (κ3) is 3.83. The first-order chi connectivity index (χ1) is 9.81. The first-order valence-electron chi connectivity index (χ1n) is 6.59. The summed E-state index contributed by atoms with van der Waals surface area (Å²) in [5.41, 5.74) is 3.99. The maximum atomic E-state index is 11.0. The van der Waals surface area contributed by atoms with E-state index in [1.54, 1.807) is 5.48 Å². The van der Waals surface area contributed by atoms with Crippen molar-refractivity contribution >= 4 is 6.03 Å². The van der Waals surface area contributed by atoms with Crippen LogP contribution in [0.3, 0.4) is 0 Å². The minimum absolute atomic E-state index is 0.219. The maximum Gasteiger partial charge on any atom is 0.338 e. The Hall–Kier alpha value is -2.33. The van der Waals surface area contributed by atoms with Crippen LogP contribution in [0.15, 0.2) is 60.7 Å². The van der Waals surface area contributed by atoms with Gasteiger partial charge in [-0.15, -0.1) is 0 Å². The highest BCUT2D eigenvalue weighted by Gasteiger charge is 2.13. The lowest BCUT2D eigenvalue weighted by molar-refractivity contribution is 0.161. The van der Waals surface area contributed by atoms with Gasteiger partial charge in [0.1, 0.15) is 0 Å². The van der Waals surface area contributed by atoms with Crippen LogP contribution in [0.25, 0.3) is 0 Å². The molecule has 0 aliphatic heterocycles. The van der Waals surface area contributed by atoms with Crippen LogP contribution < -0.4 is 10.8 Å². The van der Waals surface area contributed by atoms with E-state index in [0.717, 1.165) is 6.42 Å². The molecule has 0 aliphatic rings. The smallest absolute Gasteiger partial charge is 0.336 e. The lowest BCUT2D eigenvalue weighted by Gasteiger charge is -2.18. The second-order valence-corrected chi connectivity index (χ2v) is 4.53. The zero-order valence-corrected chi connectivity index (χ0v) is 11.1. The number of amides is 2. The molecule has 20 heavy (non-hydrogen) atoms. The van der Waals surface area contributed by atoms with Gasteiger partial charge in [0, 0.05) is 12.5 Å². The molecule has 0 spiro atoms. The van der Waals surface area contributed by atoms with Gasteiger partial charge in [0.05, 0.1) is 0 Å². The molecule has 104 valence electrons. The van der Waals surface area contributed by atoms with Crippen LogP contribution in [0.2, 0.25) is 0 Å². The van der Waals surface area contributed by atoms with Crippen molar-refractivity contribution < 1.29 is 10.0 Å². The molecule has 0 bridgehead atoms. The normalized spacial score (nSPS) is 10.3. The Morgan fingerprint density at radius 1 is 0.950 bits per heavy atom. The Balaban J connectivity index is 2.11. The highest BCUT2D eigenvalue weighted by atomic mass is 16.5. The number of urea groups is 1. The fourth-order valence-electron chi connectivity index (χ4n) is 2.27. The third-order valence-electron chi connectivity index (χ3n) is 3.22. The van der Waals surface area contributed by atoms with E-state index in [-0.39, 0.29) is 5.92 Å². The lowest BCUT2D eigenvalue weighted by atomic mass is 9.88. The van der Waals surface area contributed by atoms with Gasteiger partial charge in [-0.2, -0.15) is 0 Å².